The van der Waals surface area contributed by atoms with Crippen LogP contribution in [0.4, 0.5) is 0 Å². The zero-order valence-corrected chi connectivity index (χ0v) is 16.0. The fourth-order valence-corrected chi connectivity index (χ4v) is 5.05. The first-order valence-electron chi connectivity index (χ1n) is 9.84. The maximum Gasteiger partial charge on any atom is 0.0717 e. The van der Waals surface area contributed by atoms with Crippen LogP contribution in [0.1, 0.15) is 26.2 Å². The Labute approximate surface area is 164 Å². The number of allylic oxidation sites excluding steroid dienone is 19. The molecule has 0 aromatic rings. The van der Waals surface area contributed by atoms with Gasteiger partial charge in [0.25, 0.3) is 0 Å². The summed E-state index contributed by atoms with van der Waals surface area (Å²) in [7, 11) is 6.28. The fraction of sp³-hybridized carbons (Fsp3) is 0.231. The van der Waals surface area contributed by atoms with Crippen molar-refractivity contribution in [1.29, 1.82) is 0 Å². The molecule has 0 heterocycles. The summed E-state index contributed by atoms with van der Waals surface area (Å²) in [4.78, 5) is 0. The van der Waals surface area contributed by atoms with Gasteiger partial charge in [0.2, 0.25) is 0 Å². The van der Waals surface area contributed by atoms with Crippen LogP contribution < -0.4 is 0 Å². The van der Waals surface area contributed by atoms with Gasteiger partial charge in [-0.1, -0.05) is 85.8 Å². The van der Waals surface area contributed by atoms with Crippen molar-refractivity contribution in [3.05, 3.63) is 119 Å². The van der Waals surface area contributed by atoms with Crippen LogP contribution in [0.2, 0.25) is 6.32 Å². The summed E-state index contributed by atoms with van der Waals surface area (Å²) in [6.07, 6.45) is 30.1. The van der Waals surface area contributed by atoms with Crippen molar-refractivity contribution in [3.63, 3.8) is 0 Å². The largest absolute Gasteiger partial charge is 0.0987 e. The average molecular weight is 348 g/mol. The molecule has 0 nitrogen and oxygen atoms in total. The second-order valence-electron chi connectivity index (χ2n) is 7.30. The van der Waals surface area contributed by atoms with Gasteiger partial charge < -0.3 is 0 Å². The molecule has 0 amide bonds. The van der Waals surface area contributed by atoms with Crippen LogP contribution in [0.15, 0.2) is 119 Å². The third kappa shape index (κ3) is 2.52. The Morgan fingerprint density at radius 2 is 2.07 bits per heavy atom. The van der Waals surface area contributed by atoms with Crippen LogP contribution in [0.5, 0.6) is 0 Å². The lowest BCUT2D eigenvalue weighted by Crippen LogP contribution is -2.25. The monoisotopic (exact) mass is 348 g/mol. The number of rotatable bonds is 4. The topological polar surface area (TPSA) is 0 Å². The van der Waals surface area contributed by atoms with Gasteiger partial charge in [-0.05, 0) is 65.2 Å². The first-order valence-corrected chi connectivity index (χ1v) is 9.84. The van der Waals surface area contributed by atoms with E-state index in [0.29, 0.717) is 6.32 Å². The lowest BCUT2D eigenvalue weighted by atomic mass is 9.66. The van der Waals surface area contributed by atoms with E-state index in [1.54, 1.807) is 0 Å². The second-order valence-corrected chi connectivity index (χ2v) is 7.30. The minimum absolute atomic E-state index is 0.221. The van der Waals surface area contributed by atoms with E-state index < -0.39 is 0 Å². The standard InChI is InChI=1S/C26H25B/c1-3-5-8-13-20-17-19-12-11-16-24(19)26(20)23(4-2)22(18-27)21-14-9-6-7-10-15-25(21)26/h3-9,11,13-14,16-17H,2,10,12,15,18H2,1H3/b5-3-,7-6-,13-8-,14-9?. The van der Waals surface area contributed by atoms with Gasteiger partial charge >= 0.3 is 0 Å². The van der Waals surface area contributed by atoms with Crippen molar-refractivity contribution in [2.75, 3.05) is 0 Å². The zero-order valence-electron chi connectivity index (χ0n) is 16.0. The van der Waals surface area contributed by atoms with Crippen molar-refractivity contribution in [3.8, 4) is 0 Å². The molecule has 4 rings (SSSR count). The molecule has 0 saturated carbocycles. The highest BCUT2D eigenvalue weighted by Gasteiger charge is 2.51. The molecule has 1 unspecified atom stereocenters. The Bertz CT molecular complexity index is 950. The Kier molecular flexibility index (Phi) is 4.78. The van der Waals surface area contributed by atoms with Gasteiger partial charge in [0.15, 0.2) is 0 Å². The van der Waals surface area contributed by atoms with E-state index >= 15 is 0 Å². The third-order valence-corrected chi connectivity index (χ3v) is 6.03. The molecular formula is C26H25B. The fourth-order valence-electron chi connectivity index (χ4n) is 5.05. The molecule has 132 valence electrons. The van der Waals surface area contributed by atoms with E-state index in [4.69, 9.17) is 7.85 Å². The molecule has 0 aliphatic heterocycles. The van der Waals surface area contributed by atoms with E-state index in [9.17, 15) is 0 Å². The summed E-state index contributed by atoms with van der Waals surface area (Å²) in [5.74, 6) is 0. The molecule has 1 heteroatoms. The van der Waals surface area contributed by atoms with Gasteiger partial charge in [-0.2, -0.15) is 0 Å². The van der Waals surface area contributed by atoms with Crippen LogP contribution in [-0.2, 0) is 0 Å². The molecule has 27 heavy (non-hydrogen) atoms. The van der Waals surface area contributed by atoms with Crippen molar-refractivity contribution < 1.29 is 0 Å². The molecule has 4 aliphatic rings. The predicted molar refractivity (Wildman–Crippen MR) is 118 cm³/mol. The molecule has 2 radical (unpaired) electrons. The van der Waals surface area contributed by atoms with Crippen molar-refractivity contribution in [1.82, 2.24) is 0 Å². The minimum atomic E-state index is -0.221. The Morgan fingerprint density at radius 1 is 1.19 bits per heavy atom. The highest BCUT2D eigenvalue weighted by Crippen LogP contribution is 2.64. The summed E-state index contributed by atoms with van der Waals surface area (Å²) in [5, 5.41) is 0. The van der Waals surface area contributed by atoms with Gasteiger partial charge in [0, 0.05) is 0 Å². The summed E-state index contributed by atoms with van der Waals surface area (Å²) in [5.41, 5.74) is 9.29. The normalized spacial score (nSPS) is 27.8. The minimum Gasteiger partial charge on any atom is -0.0987 e. The predicted octanol–water partition coefficient (Wildman–Crippen LogP) is 6.59. The molecule has 1 atom stereocenters. The van der Waals surface area contributed by atoms with Crippen molar-refractivity contribution in [2.24, 2.45) is 5.41 Å². The number of fused-ring (bicyclic) bond motifs is 2. The van der Waals surface area contributed by atoms with Crippen LogP contribution in [0.3, 0.4) is 0 Å². The van der Waals surface area contributed by atoms with Gasteiger partial charge in [-0.15, -0.1) is 0 Å². The smallest absolute Gasteiger partial charge is 0.0717 e. The number of hydrogen-bond acceptors (Lipinski definition) is 0. The first kappa shape index (κ1) is 17.9. The first-order chi connectivity index (χ1) is 13.3. The van der Waals surface area contributed by atoms with Crippen molar-refractivity contribution >= 4 is 7.85 Å². The average Bonchev–Trinajstić information content (AvgIpc) is 3.29. The summed E-state index contributed by atoms with van der Waals surface area (Å²) >= 11 is 0. The molecule has 4 aliphatic carbocycles. The molecule has 0 aromatic heterocycles. The molecule has 0 aromatic carbocycles. The van der Waals surface area contributed by atoms with Gasteiger partial charge in [0.1, 0.15) is 0 Å². The zero-order chi connectivity index (χ0) is 18.9. The van der Waals surface area contributed by atoms with E-state index in [0.717, 1.165) is 19.3 Å². The van der Waals surface area contributed by atoms with Gasteiger partial charge in [0.05, 0.1) is 13.3 Å². The van der Waals surface area contributed by atoms with Gasteiger partial charge in [-0.3, -0.25) is 0 Å². The van der Waals surface area contributed by atoms with Crippen LogP contribution >= 0.6 is 0 Å². The highest BCUT2D eigenvalue weighted by molar-refractivity contribution is 6.11. The van der Waals surface area contributed by atoms with E-state index in [1.165, 1.54) is 39.0 Å². The number of hydrogen-bond donors (Lipinski definition) is 0. The third-order valence-electron chi connectivity index (χ3n) is 6.03. The Balaban J connectivity index is 2.02. The van der Waals surface area contributed by atoms with Crippen molar-refractivity contribution in [2.45, 2.75) is 32.5 Å². The summed E-state index contributed by atoms with van der Waals surface area (Å²) in [6, 6.07) is 0. The maximum atomic E-state index is 6.28. The highest BCUT2D eigenvalue weighted by atomic mass is 14.5. The SMILES string of the molecule is [B]CC1=C(C=C)C2(C(/C=C\C=C/C)=CC3=C2C=CC3)C2=C1C=C/C=C\CC2. The molecule has 0 N–H and O–H groups in total. The molecular weight excluding hydrogens is 323 g/mol. The maximum absolute atomic E-state index is 6.28. The molecule has 0 saturated heterocycles. The van der Waals surface area contributed by atoms with Gasteiger partial charge in [-0.25, -0.2) is 0 Å². The summed E-state index contributed by atoms with van der Waals surface area (Å²) in [6.45, 7) is 6.27. The molecule has 0 fully saturated rings. The van der Waals surface area contributed by atoms with E-state index in [1.807, 2.05) is 13.0 Å². The Morgan fingerprint density at radius 3 is 2.85 bits per heavy atom. The lowest BCUT2D eigenvalue weighted by molar-refractivity contribution is 0.638. The Hall–Kier alpha value is -2.54. The second kappa shape index (κ2) is 7.23. The quantitative estimate of drug-likeness (QED) is 0.397. The lowest BCUT2D eigenvalue weighted by Gasteiger charge is -2.35. The van der Waals surface area contributed by atoms with E-state index in [-0.39, 0.29) is 5.41 Å². The summed E-state index contributed by atoms with van der Waals surface area (Å²) < 4.78 is 0. The molecule has 1 spiro atoms. The molecule has 0 bridgehead atoms. The van der Waals surface area contributed by atoms with E-state index in [2.05, 4.69) is 73.4 Å². The van der Waals surface area contributed by atoms with Crippen LogP contribution in [-0.4, -0.2) is 7.85 Å². The van der Waals surface area contributed by atoms with Crippen LogP contribution in [0, 0.1) is 5.41 Å². The van der Waals surface area contributed by atoms with Crippen LogP contribution in [0.25, 0.3) is 0 Å².